The molecule has 0 spiro atoms. The molecule has 2 unspecified atom stereocenters. The van der Waals surface area contributed by atoms with Crippen LogP contribution in [0.2, 0.25) is 0 Å². The molecule has 0 amide bonds. The summed E-state index contributed by atoms with van der Waals surface area (Å²) in [6.45, 7) is 7.80. The number of aliphatic hydroxyl groups excluding tert-OH is 1. The number of H-pyrrole nitrogens is 1. The number of nitrogens with zero attached hydrogens (tertiary/aromatic N) is 3. The molecule has 14 nitrogen and oxygen atoms in total. The van der Waals surface area contributed by atoms with E-state index in [1.54, 1.807) is 44.6 Å². The molecule has 2 aliphatic rings. The first-order valence-electron chi connectivity index (χ1n) is 21.6. The highest BCUT2D eigenvalue weighted by molar-refractivity contribution is 7.44. The molecule has 2 bridgehead atoms. The molecule has 7 rings (SSSR count). The summed E-state index contributed by atoms with van der Waals surface area (Å²) >= 11 is 0. The van der Waals surface area contributed by atoms with Crippen LogP contribution >= 0.6 is 8.53 Å². The monoisotopic (exact) mass is 902 g/mol. The lowest BCUT2D eigenvalue weighted by molar-refractivity contribution is -0.154. The van der Waals surface area contributed by atoms with Gasteiger partial charge in [0.25, 0.3) is 14.1 Å². The highest BCUT2D eigenvalue weighted by atomic mass is 31.2. The molecule has 0 radical (unpaired) electrons. The number of carbonyl (C=O) groups excluding carboxylic acids is 1. The Morgan fingerprint density at radius 2 is 1.46 bits per heavy atom. The van der Waals surface area contributed by atoms with Gasteiger partial charge in [-0.1, -0.05) is 78.9 Å². The van der Waals surface area contributed by atoms with E-state index in [-0.39, 0.29) is 38.1 Å². The average Bonchev–Trinajstić information content (AvgIpc) is 3.52. The number of benzene rings is 4. The maximum absolute atomic E-state index is 14.4. The lowest BCUT2D eigenvalue weighted by Crippen LogP contribution is -2.63. The molecule has 0 saturated carbocycles. The number of esters is 1. The summed E-state index contributed by atoms with van der Waals surface area (Å²) in [4.78, 5) is 42.6. The third-order valence-electron chi connectivity index (χ3n) is 12.1. The molecule has 2 heterocycles. The molecule has 5 aromatic rings. The predicted octanol–water partition coefficient (Wildman–Crippen LogP) is 7.68. The fourth-order valence-corrected chi connectivity index (χ4v) is 11.1. The zero-order valence-electron chi connectivity index (χ0n) is 37.3. The molecule has 15 heteroatoms. The third kappa shape index (κ3) is 9.18. The van der Waals surface area contributed by atoms with Gasteiger partial charge in [0.1, 0.15) is 42.1 Å². The van der Waals surface area contributed by atoms with Gasteiger partial charge in [0, 0.05) is 35.8 Å². The molecule has 1 aromatic heterocycles. The van der Waals surface area contributed by atoms with Gasteiger partial charge < -0.3 is 33.1 Å². The van der Waals surface area contributed by atoms with Crippen LogP contribution < -0.4 is 20.7 Å². The van der Waals surface area contributed by atoms with E-state index >= 15 is 0 Å². The van der Waals surface area contributed by atoms with E-state index in [9.17, 15) is 24.8 Å². The topological polar surface area (TPSA) is 175 Å². The lowest BCUT2D eigenvalue weighted by atomic mass is 9.58. The highest BCUT2D eigenvalue weighted by Crippen LogP contribution is 2.62. The summed E-state index contributed by atoms with van der Waals surface area (Å²) in [5.74, 6) is -0.132. The summed E-state index contributed by atoms with van der Waals surface area (Å²) in [7, 11) is 1.14. The number of allylic oxidation sites excluding steroid dienone is 1. The Morgan fingerprint density at radius 1 is 0.892 bits per heavy atom. The van der Waals surface area contributed by atoms with Crippen LogP contribution in [0.1, 0.15) is 73.8 Å². The van der Waals surface area contributed by atoms with Crippen LogP contribution in [-0.2, 0) is 23.9 Å². The maximum atomic E-state index is 14.4. The van der Waals surface area contributed by atoms with Crippen molar-refractivity contribution in [2.75, 3.05) is 27.4 Å². The van der Waals surface area contributed by atoms with E-state index in [1.807, 2.05) is 113 Å². The molecular weight excluding hydrogens is 848 g/mol. The van der Waals surface area contributed by atoms with Gasteiger partial charge in [0.2, 0.25) is 0 Å². The third-order valence-corrected chi connectivity index (χ3v) is 14.2. The smallest absolute Gasteiger partial charge is 0.338 e. The van der Waals surface area contributed by atoms with Crippen LogP contribution in [0.5, 0.6) is 11.5 Å². The fraction of sp³-hybridized carbons (Fsp3) is 0.360. The number of hydrogen-bond donors (Lipinski definition) is 2. The standard InChI is InChI=1S/C50H55N4O10P/c1-33(2)54(34(3)4)65(62-31-13-29-51)64-44-42-27-22-39(32-61-46(56)35-14-9-7-10-15-35)50(44,63-45(42)53-30-28-43(55)52-48(53)58)47(57)49(36-16-11-8-12-17-36,37-18-23-40(59-5)24-19-37)38-20-25-41(60-6)26-21-38/h7-12,14-26,28,30,33-34,42,44-45,47,57H,13,27,31-32H2,1-6H3,(H,52,55,58)/t42-,44+,45-,47?,50+,65?/m1/s1. The minimum atomic E-state index is -2.02. The first-order valence-corrected chi connectivity index (χ1v) is 22.7. The average molecular weight is 903 g/mol. The molecule has 340 valence electrons. The molecule has 1 saturated heterocycles. The van der Waals surface area contributed by atoms with Gasteiger partial charge in [-0.05, 0) is 87.2 Å². The molecule has 1 fully saturated rings. The number of rotatable bonds is 19. The van der Waals surface area contributed by atoms with Gasteiger partial charge in [0.15, 0.2) is 0 Å². The zero-order chi connectivity index (χ0) is 46.3. The number of aromatic nitrogens is 2. The number of ether oxygens (including phenoxy) is 4. The van der Waals surface area contributed by atoms with Crippen molar-refractivity contribution in [3.8, 4) is 17.6 Å². The summed E-state index contributed by atoms with van der Waals surface area (Å²) in [6.07, 6.45) is -0.322. The van der Waals surface area contributed by atoms with Crippen LogP contribution in [0, 0.1) is 17.2 Å². The number of carbonyl (C=O) groups is 1. The molecule has 4 aromatic carbocycles. The quantitative estimate of drug-likeness (QED) is 0.0272. The van der Waals surface area contributed by atoms with Gasteiger partial charge in [-0.2, -0.15) is 5.26 Å². The van der Waals surface area contributed by atoms with E-state index in [1.165, 1.54) is 16.8 Å². The molecule has 6 atom stereocenters. The summed E-state index contributed by atoms with van der Waals surface area (Å²) in [5.41, 5.74) is -2.13. The van der Waals surface area contributed by atoms with Crippen LogP contribution in [0.25, 0.3) is 0 Å². The van der Waals surface area contributed by atoms with Crippen molar-refractivity contribution in [2.24, 2.45) is 5.92 Å². The first kappa shape index (κ1) is 47.1. The second kappa shape index (κ2) is 20.5. The summed E-state index contributed by atoms with van der Waals surface area (Å²) in [6, 6.07) is 36.2. The van der Waals surface area contributed by atoms with Crippen molar-refractivity contribution < 1.29 is 37.9 Å². The minimum Gasteiger partial charge on any atom is -0.497 e. The Kier molecular flexibility index (Phi) is 14.8. The largest absolute Gasteiger partial charge is 0.497 e. The van der Waals surface area contributed by atoms with Gasteiger partial charge in [-0.15, -0.1) is 0 Å². The SMILES string of the molecule is COc1ccc(C(c2ccccc2)(c2ccc(OC)cc2)C(O)[C@]23O[C@@H](n4ccc(=O)[nH]c4=O)[C@H](CC=C2COC(=O)c2ccccc2)[C@@H]3OP(OCCC#N)N(C(C)C)C(C)C)cc1. The summed E-state index contributed by atoms with van der Waals surface area (Å²) in [5, 5.41) is 24.0. The van der Waals surface area contributed by atoms with E-state index in [4.69, 9.17) is 28.0 Å². The highest BCUT2D eigenvalue weighted by Gasteiger charge is 2.69. The molecule has 2 N–H and O–H groups in total. The first-order chi connectivity index (χ1) is 31.4. The van der Waals surface area contributed by atoms with Crippen molar-refractivity contribution in [2.45, 2.75) is 82.1 Å². The molecular formula is C50H55N4O10P. The number of aromatic amines is 1. The minimum absolute atomic E-state index is 0.0534. The van der Waals surface area contributed by atoms with E-state index < -0.39 is 61.1 Å². The van der Waals surface area contributed by atoms with Crippen molar-refractivity contribution in [3.05, 3.63) is 176 Å². The van der Waals surface area contributed by atoms with E-state index in [0.29, 0.717) is 39.3 Å². The van der Waals surface area contributed by atoms with Crippen LogP contribution in [0.4, 0.5) is 0 Å². The predicted molar refractivity (Wildman–Crippen MR) is 245 cm³/mol. The number of methoxy groups -OCH3 is 2. The molecule has 1 aliphatic heterocycles. The number of fused-ring (bicyclic) bond motifs is 2. The van der Waals surface area contributed by atoms with E-state index in [2.05, 4.69) is 15.7 Å². The van der Waals surface area contributed by atoms with Gasteiger partial charge in [-0.25, -0.2) is 14.3 Å². The lowest BCUT2D eigenvalue weighted by Gasteiger charge is -2.52. The maximum Gasteiger partial charge on any atom is 0.338 e. The number of aliphatic hydroxyl groups is 1. The van der Waals surface area contributed by atoms with Crippen molar-refractivity contribution in [1.29, 1.82) is 5.26 Å². The fourth-order valence-electron chi connectivity index (χ4n) is 9.27. The van der Waals surface area contributed by atoms with Crippen LogP contribution in [0.15, 0.2) is 143 Å². The Labute approximate surface area is 379 Å². The molecule has 1 aliphatic carbocycles. The van der Waals surface area contributed by atoms with Crippen molar-refractivity contribution >= 4 is 14.5 Å². The van der Waals surface area contributed by atoms with Crippen LogP contribution in [0.3, 0.4) is 0 Å². The van der Waals surface area contributed by atoms with Crippen molar-refractivity contribution in [1.82, 2.24) is 14.2 Å². The summed E-state index contributed by atoms with van der Waals surface area (Å²) < 4.78 is 42.2. The number of nitrogens with one attached hydrogen (secondary N) is 1. The second-order valence-corrected chi connectivity index (χ2v) is 17.9. The zero-order valence-corrected chi connectivity index (χ0v) is 38.2. The van der Waals surface area contributed by atoms with E-state index in [0.717, 1.165) is 0 Å². The Morgan fingerprint density at radius 3 is 2.00 bits per heavy atom. The van der Waals surface area contributed by atoms with Crippen molar-refractivity contribution in [3.63, 3.8) is 0 Å². The molecule has 65 heavy (non-hydrogen) atoms. The van der Waals surface area contributed by atoms with Crippen LogP contribution in [-0.4, -0.2) is 82.6 Å². The Balaban J connectivity index is 1.55. The van der Waals surface area contributed by atoms with Gasteiger partial charge >= 0.3 is 11.7 Å². The van der Waals surface area contributed by atoms with Gasteiger partial charge in [-0.3, -0.25) is 14.3 Å². The number of hydrogen-bond acceptors (Lipinski definition) is 12. The Bertz CT molecular complexity index is 2520. The normalized spacial score (nSPS) is 20.3. The second-order valence-electron chi connectivity index (χ2n) is 16.5. The van der Waals surface area contributed by atoms with Gasteiger partial charge in [0.05, 0.1) is 44.3 Å². The Hall–Kier alpha value is -5.91. The number of nitriles is 1.